The van der Waals surface area contributed by atoms with E-state index in [2.05, 4.69) is 26.1 Å². The molecule has 0 aliphatic heterocycles. The summed E-state index contributed by atoms with van der Waals surface area (Å²) >= 11 is 0. The molecule has 1 aromatic rings. The fraction of sp³-hybridized carbons (Fsp3) is 0.815. The molecule has 0 aliphatic rings. The summed E-state index contributed by atoms with van der Waals surface area (Å²) in [6.07, 6.45) is 16.2. The molecule has 0 atom stereocenters. The van der Waals surface area contributed by atoms with E-state index in [0.717, 1.165) is 89.9 Å². The van der Waals surface area contributed by atoms with Crippen molar-refractivity contribution in [2.75, 3.05) is 6.54 Å². The smallest absolute Gasteiger partial charge is 0.530 e. The van der Waals surface area contributed by atoms with E-state index in [9.17, 15) is 19.2 Å². The molecule has 1 rings (SSSR count). The summed E-state index contributed by atoms with van der Waals surface area (Å²) in [4.78, 5) is 49.0. The summed E-state index contributed by atoms with van der Waals surface area (Å²) in [5.41, 5.74) is -1.41. The molecule has 1 heterocycles. The molecule has 1 amide bonds. The minimum Gasteiger partial charge on any atom is -0.530 e. The Balaban J connectivity index is 0. The first-order valence-electron chi connectivity index (χ1n) is 13.8. The number of nitrogens with one attached hydrogen (secondary N) is 1. The van der Waals surface area contributed by atoms with Gasteiger partial charge >= 0.3 is 48.2 Å². The summed E-state index contributed by atoms with van der Waals surface area (Å²) in [7, 11) is 0. The maximum absolute atomic E-state index is 13.0. The maximum Gasteiger partial charge on any atom is 2.00 e. The molecule has 36 heavy (non-hydrogen) atoms. The van der Waals surface area contributed by atoms with Crippen LogP contribution in [-0.4, -0.2) is 26.7 Å². The molecule has 0 aliphatic carbocycles. The number of aromatic nitrogens is 3. The summed E-state index contributed by atoms with van der Waals surface area (Å²) in [5, 5.41) is 2.51. The van der Waals surface area contributed by atoms with Crippen LogP contribution in [0.5, 0.6) is 0 Å². The largest absolute Gasteiger partial charge is 2.00 e. The van der Waals surface area contributed by atoms with Gasteiger partial charge in [0.1, 0.15) is 0 Å². The Morgan fingerprint density at radius 1 is 0.611 bits per heavy atom. The van der Waals surface area contributed by atoms with Crippen LogP contribution in [0.25, 0.3) is 0 Å². The molecule has 1 N–H and O–H groups in total. The number of unbranched alkanes of at least 4 members (excludes halogenated alkanes) is 11. The Morgan fingerprint density at radius 3 is 1.22 bits per heavy atom. The molecule has 206 valence electrons. The molecule has 1 aromatic heterocycles. The average Bonchev–Trinajstić information content (AvgIpc) is 2.84. The minimum absolute atomic E-state index is 0. The molecule has 8 nitrogen and oxygen atoms in total. The van der Waals surface area contributed by atoms with Crippen molar-refractivity contribution in [2.24, 2.45) is 0 Å². The maximum atomic E-state index is 13.0. The van der Waals surface area contributed by atoms with Crippen LogP contribution in [0.3, 0.4) is 0 Å². The number of amides is 1. The van der Waals surface area contributed by atoms with Crippen molar-refractivity contribution in [1.29, 1.82) is 0 Å². The van der Waals surface area contributed by atoms with Gasteiger partial charge in [-0.3, -0.25) is 0 Å². The minimum atomic E-state index is -0.477. The quantitative estimate of drug-likeness (QED) is 0.121. The van der Waals surface area contributed by atoms with Gasteiger partial charge in [0.05, 0.1) is 0 Å². The number of hydrogen-bond acceptors (Lipinski definition) is 4. The van der Waals surface area contributed by atoms with Crippen molar-refractivity contribution in [3.63, 3.8) is 0 Å². The molecule has 0 spiro atoms. The first-order chi connectivity index (χ1) is 17.0. The zero-order valence-corrected chi connectivity index (χ0v) is 27.3. The van der Waals surface area contributed by atoms with E-state index >= 15 is 0 Å². The Morgan fingerprint density at radius 2 is 0.917 bits per heavy atom. The fourth-order valence-corrected chi connectivity index (χ4v) is 3.89. The Bertz CT molecular complexity index is 780. The normalized spacial score (nSPS) is 10.3. The van der Waals surface area contributed by atoms with Gasteiger partial charge in [-0.15, -0.1) is 0 Å². The van der Waals surface area contributed by atoms with Gasteiger partial charge in [-0.2, -0.15) is 12.8 Å². The molecule has 0 radical (unpaired) electrons. The first-order valence-corrected chi connectivity index (χ1v) is 13.8. The van der Waals surface area contributed by atoms with E-state index in [4.69, 9.17) is 0 Å². The predicted molar refractivity (Wildman–Crippen MR) is 145 cm³/mol. The number of carbonyl (C=O) groups excluding carboxylic acids is 1. The molecule has 0 unspecified atom stereocenters. The average molecular weight is 733 g/mol. The fourth-order valence-electron chi connectivity index (χ4n) is 3.89. The van der Waals surface area contributed by atoms with Crippen LogP contribution in [-0.2, 0) is 24.4 Å². The molecule has 0 saturated heterocycles. The van der Waals surface area contributed by atoms with Gasteiger partial charge in [-0.25, -0.2) is 28.1 Å². The van der Waals surface area contributed by atoms with Gasteiger partial charge in [-0.05, 0) is 32.2 Å². The summed E-state index contributed by atoms with van der Waals surface area (Å²) in [6.45, 7) is 11.4. The van der Waals surface area contributed by atoms with E-state index in [0.29, 0.717) is 32.6 Å². The Kier molecular flexibility index (Phi) is 26.3. The second-order valence-corrected chi connectivity index (χ2v) is 9.07. The number of nitrogens with zero attached hydrogens (tertiary/aromatic N) is 3. The van der Waals surface area contributed by atoms with Crippen LogP contribution >= 0.6 is 0 Å². The van der Waals surface area contributed by atoms with Crippen LogP contribution in [0.2, 0.25) is 0 Å². The Labute approximate surface area is 242 Å². The molecule has 0 aromatic carbocycles. The van der Waals surface area contributed by atoms with Gasteiger partial charge in [0.2, 0.25) is 0 Å². The van der Waals surface area contributed by atoms with Crippen molar-refractivity contribution >= 4 is 6.41 Å². The van der Waals surface area contributed by atoms with E-state index in [1.807, 2.05) is 6.92 Å². The second-order valence-electron chi connectivity index (χ2n) is 9.07. The molecular formula is C27H50N4O4U. The van der Waals surface area contributed by atoms with Crippen LogP contribution in [0, 0.1) is 38.0 Å². The molecular weight excluding hydrogens is 682 g/mol. The third-order valence-electron chi connectivity index (χ3n) is 5.86. The number of rotatable bonds is 20. The third-order valence-corrected chi connectivity index (χ3v) is 5.86. The van der Waals surface area contributed by atoms with Crippen LogP contribution in [0.15, 0.2) is 14.4 Å². The first kappa shape index (κ1) is 37.1. The standard InChI is InChI=1S/C24H43N4O4.C3H7.U/c1-3-5-7-10-14-18-26-22(30)27(19-15-11-8-6-4-2)24(32)28(23(26)31)20-16-12-9-13-17-25-21-29;1-3-2;/h3-20H2,1-2H3,(H,25,29);1,3H2,2H3;/q2*-1;+2. The number of hydrogen-bond donors (Lipinski definition) is 1. The van der Waals surface area contributed by atoms with Crippen LogP contribution < -0.4 is 22.4 Å². The van der Waals surface area contributed by atoms with Gasteiger partial charge in [0.25, 0.3) is 0 Å². The van der Waals surface area contributed by atoms with Crippen molar-refractivity contribution in [2.45, 2.75) is 137 Å². The zero-order chi connectivity index (χ0) is 26.3. The summed E-state index contributed by atoms with van der Waals surface area (Å²) in [6, 6.07) is 0. The Hall–Kier alpha value is -1.07. The van der Waals surface area contributed by atoms with Crippen molar-refractivity contribution in [1.82, 2.24) is 19.0 Å². The van der Waals surface area contributed by atoms with Gasteiger partial charge < -0.3 is 17.0 Å². The van der Waals surface area contributed by atoms with Crippen molar-refractivity contribution < 1.29 is 35.9 Å². The van der Waals surface area contributed by atoms with E-state index in [-0.39, 0.29) is 31.1 Å². The van der Waals surface area contributed by atoms with E-state index in [1.54, 1.807) is 6.41 Å². The SMILES string of the molecule is CCCCCCCn1c(=O)n(CCCCCCC)c(=O)n(CCCCCCN[C-]=O)c1=O.[CH2-]CC.[U+2]. The van der Waals surface area contributed by atoms with Gasteiger partial charge in [-0.1, -0.05) is 85.0 Å². The summed E-state index contributed by atoms with van der Waals surface area (Å²) in [5.74, 6) is 0. The molecule has 0 bridgehead atoms. The topological polar surface area (TPSA) is 95.1 Å². The van der Waals surface area contributed by atoms with Crippen LogP contribution in [0.1, 0.15) is 117 Å². The summed E-state index contributed by atoms with van der Waals surface area (Å²) < 4.78 is 3.78. The van der Waals surface area contributed by atoms with Crippen LogP contribution in [0.4, 0.5) is 0 Å². The van der Waals surface area contributed by atoms with E-state index < -0.39 is 17.1 Å². The second kappa shape index (κ2) is 25.6. The molecule has 0 saturated carbocycles. The third kappa shape index (κ3) is 15.9. The van der Waals surface area contributed by atoms with Crippen molar-refractivity contribution in [3.8, 4) is 0 Å². The van der Waals surface area contributed by atoms with Crippen molar-refractivity contribution in [3.05, 3.63) is 38.4 Å². The zero-order valence-electron chi connectivity index (χ0n) is 23.1. The van der Waals surface area contributed by atoms with Gasteiger partial charge in [0.15, 0.2) is 0 Å². The van der Waals surface area contributed by atoms with E-state index in [1.165, 1.54) is 13.7 Å². The molecule has 0 fully saturated rings. The monoisotopic (exact) mass is 732 g/mol. The predicted octanol–water partition coefficient (Wildman–Crippen LogP) is 4.56. The molecule has 9 heteroatoms. The van der Waals surface area contributed by atoms with Gasteiger partial charge in [0, 0.05) is 19.6 Å².